The number of carbonyl (C=O) groups excluding carboxylic acids is 4. The molecule has 6 aromatic rings. The molecule has 0 unspecified atom stereocenters. The van der Waals surface area contributed by atoms with E-state index in [2.05, 4.69) is 20.9 Å². The summed E-state index contributed by atoms with van der Waals surface area (Å²) in [6, 6.07) is 31.6. The van der Waals surface area contributed by atoms with Crippen LogP contribution in [0, 0.1) is 12.3 Å². The highest BCUT2D eigenvalue weighted by molar-refractivity contribution is 7.13. The lowest BCUT2D eigenvalue weighted by Crippen LogP contribution is -2.57. The molecule has 4 atom stereocenters. The minimum absolute atomic E-state index is 0.0126. The molecular weight excluding hydrogens is 913 g/mol. The largest absolute Gasteiger partial charge is 0.493 e. The normalized spacial score (nSPS) is 16.2. The van der Waals surface area contributed by atoms with Crippen LogP contribution in [0.25, 0.3) is 44.1 Å². The Morgan fingerprint density at radius 1 is 0.859 bits per heavy atom. The minimum Gasteiger partial charge on any atom is -0.493 e. The van der Waals surface area contributed by atoms with Gasteiger partial charge < -0.3 is 35.4 Å². The Kier molecular flexibility index (Phi) is 16.0. The number of amides is 4. The molecule has 0 saturated carbocycles. The number of pyridine rings is 1. The summed E-state index contributed by atoms with van der Waals surface area (Å²) in [4.78, 5) is 66.4. The van der Waals surface area contributed by atoms with Crippen molar-refractivity contribution in [2.24, 2.45) is 5.41 Å². The molecule has 13 nitrogen and oxygen atoms in total. The number of aliphatic hydroxyl groups excluding tert-OH is 1. The van der Waals surface area contributed by atoms with Gasteiger partial charge in [-0.05, 0) is 84.2 Å². The first kappa shape index (κ1) is 50.5. The number of anilines is 1. The second-order valence-electron chi connectivity index (χ2n) is 19.6. The molecule has 4 heterocycles. The summed E-state index contributed by atoms with van der Waals surface area (Å²) in [5.74, 6) is 0.151. The summed E-state index contributed by atoms with van der Waals surface area (Å²) in [6.45, 7) is 10.0. The van der Waals surface area contributed by atoms with Gasteiger partial charge in [0.1, 0.15) is 12.1 Å². The number of thiazole rings is 1. The van der Waals surface area contributed by atoms with Gasteiger partial charge in [0.15, 0.2) is 11.5 Å². The summed E-state index contributed by atoms with van der Waals surface area (Å²) < 4.78 is 12.1. The van der Waals surface area contributed by atoms with Gasteiger partial charge in [0, 0.05) is 30.5 Å². The first-order valence-electron chi connectivity index (χ1n) is 24.6. The molecule has 0 spiro atoms. The number of aryl methyl sites for hydroxylation is 1. The van der Waals surface area contributed by atoms with E-state index in [9.17, 15) is 24.3 Å². The van der Waals surface area contributed by atoms with Crippen molar-refractivity contribution in [2.75, 3.05) is 25.6 Å². The first-order chi connectivity index (χ1) is 34.2. The van der Waals surface area contributed by atoms with E-state index < -0.39 is 23.6 Å². The molecule has 4 N–H and O–H groups in total. The van der Waals surface area contributed by atoms with Crippen LogP contribution in [-0.2, 0) is 25.6 Å². The highest BCUT2D eigenvalue weighted by atomic mass is 32.1. The molecule has 0 radical (unpaired) electrons. The molecule has 0 bridgehead atoms. The lowest BCUT2D eigenvalue weighted by Gasteiger charge is -2.35. The van der Waals surface area contributed by atoms with Gasteiger partial charge in [-0.1, -0.05) is 119 Å². The van der Waals surface area contributed by atoms with Gasteiger partial charge in [0.05, 0.1) is 65.4 Å². The monoisotopic (exact) mass is 976 g/mol. The molecule has 4 aromatic carbocycles. The number of fused-ring (bicyclic) bond motifs is 3. The quantitative estimate of drug-likeness (QED) is 0.0612. The number of β-amino-alcohol motifs (C(OH)–C–C–N with tert-alkyl or cyclic N) is 1. The molecule has 8 rings (SSSR count). The molecule has 0 aliphatic carbocycles. The number of benzene rings is 4. The smallest absolute Gasteiger partial charge is 0.246 e. The molecule has 370 valence electrons. The first-order valence-corrected chi connectivity index (χ1v) is 25.4. The fourth-order valence-corrected chi connectivity index (χ4v) is 10.3. The fourth-order valence-electron chi connectivity index (χ4n) is 9.44. The number of carbonyl (C=O) groups is 4. The number of unbranched alkanes of at least 4 members (excludes halogenated alkanes) is 4. The highest BCUT2D eigenvalue weighted by Crippen LogP contribution is 2.42. The summed E-state index contributed by atoms with van der Waals surface area (Å²) in [5.41, 5.74) is 10.9. The second kappa shape index (κ2) is 22.5. The number of hydrogen-bond acceptors (Lipinski definition) is 10. The van der Waals surface area contributed by atoms with Gasteiger partial charge in [-0.2, -0.15) is 0 Å². The average molecular weight is 977 g/mol. The minimum atomic E-state index is -0.885. The van der Waals surface area contributed by atoms with Crippen molar-refractivity contribution in [3.63, 3.8) is 0 Å². The molecule has 2 aliphatic heterocycles. The Hall–Kier alpha value is -6.90. The van der Waals surface area contributed by atoms with Crippen molar-refractivity contribution in [1.82, 2.24) is 25.5 Å². The van der Waals surface area contributed by atoms with Gasteiger partial charge in [-0.25, -0.2) is 9.97 Å². The number of hydrogen-bond donors (Lipinski definition) is 4. The number of nitrogens with one attached hydrogen (secondary N) is 3. The van der Waals surface area contributed by atoms with Crippen LogP contribution in [0.2, 0.25) is 0 Å². The van der Waals surface area contributed by atoms with Gasteiger partial charge in [0.2, 0.25) is 23.6 Å². The summed E-state index contributed by atoms with van der Waals surface area (Å²) in [5, 5.41) is 19.8. The molecule has 4 amide bonds. The third kappa shape index (κ3) is 12.0. The SMILES string of the molecule is COc1cc(-c2cc(-c3ccccc3)nc3c2CC(=O)Nc2ccccc2-3)ccc1OCCCCCCCC(=O)N[C@H](C(=O)N1C[C@H](O)C[C@H]1C(=O)N[C@@H](C)c1ccc(-c2scnc2C)cc1)C(C)(C)C. The van der Waals surface area contributed by atoms with Gasteiger partial charge in [-0.15, -0.1) is 11.3 Å². The standard InChI is InChI=1S/C57H64N6O7S/c1-35(37-22-24-39(25-23-37)53-36(2)58-34-71-53)59-55(67)47-30-41(64)33-63(47)56(68)54(57(3,4)5)62-50(65)21-13-8-7-9-16-28-70-48-27-26-40(29-49(48)69-6)43-31-46(38-17-11-10-12-18-38)61-52-42-19-14-15-20-45(42)60-51(66)32-44(43)52/h10-12,14-15,17-20,22-27,29,31,34-35,41,47,54,64H,7-9,13,16,21,28,30,32-33H2,1-6H3,(H,59,67)(H,60,66)(H,62,65)/t35-,41+,47-,54+/m0/s1. The van der Waals surface area contributed by atoms with E-state index in [1.54, 1.807) is 18.4 Å². The number of aliphatic hydroxyl groups is 1. The Morgan fingerprint density at radius 3 is 2.31 bits per heavy atom. The second-order valence-corrected chi connectivity index (χ2v) is 20.5. The zero-order valence-corrected chi connectivity index (χ0v) is 42.2. The van der Waals surface area contributed by atoms with E-state index in [0.29, 0.717) is 24.5 Å². The predicted molar refractivity (Wildman–Crippen MR) is 279 cm³/mol. The zero-order valence-electron chi connectivity index (χ0n) is 41.4. The van der Waals surface area contributed by atoms with E-state index in [1.807, 2.05) is 143 Å². The van der Waals surface area contributed by atoms with Crippen molar-refractivity contribution >= 4 is 40.7 Å². The van der Waals surface area contributed by atoms with Crippen LogP contribution >= 0.6 is 11.3 Å². The van der Waals surface area contributed by atoms with E-state index in [4.69, 9.17) is 14.5 Å². The van der Waals surface area contributed by atoms with Gasteiger partial charge in [-0.3, -0.25) is 19.2 Å². The Morgan fingerprint density at radius 2 is 1.58 bits per heavy atom. The van der Waals surface area contributed by atoms with Gasteiger partial charge >= 0.3 is 0 Å². The maximum atomic E-state index is 14.2. The number of likely N-dealkylation sites (tertiary alicyclic amines) is 1. The van der Waals surface area contributed by atoms with Crippen molar-refractivity contribution < 1.29 is 33.8 Å². The number of methoxy groups -OCH3 is 1. The van der Waals surface area contributed by atoms with E-state index in [-0.39, 0.29) is 55.5 Å². The zero-order chi connectivity index (χ0) is 50.2. The highest BCUT2D eigenvalue weighted by Gasteiger charge is 2.44. The lowest BCUT2D eigenvalue weighted by atomic mass is 9.85. The van der Waals surface area contributed by atoms with E-state index in [0.717, 1.165) is 92.3 Å². The third-order valence-electron chi connectivity index (χ3n) is 13.3. The van der Waals surface area contributed by atoms with E-state index >= 15 is 0 Å². The third-order valence-corrected chi connectivity index (χ3v) is 14.3. The van der Waals surface area contributed by atoms with E-state index in [1.165, 1.54) is 4.90 Å². The van der Waals surface area contributed by atoms with Crippen LogP contribution in [0.5, 0.6) is 11.5 Å². The Bertz CT molecular complexity index is 2860. The van der Waals surface area contributed by atoms with Gasteiger partial charge in [0.25, 0.3) is 0 Å². The van der Waals surface area contributed by atoms with Crippen LogP contribution in [0.3, 0.4) is 0 Å². The Labute approximate surface area is 420 Å². The average Bonchev–Trinajstić information content (AvgIpc) is 3.95. The molecule has 1 fully saturated rings. The number of rotatable bonds is 18. The number of nitrogens with zero attached hydrogens (tertiary/aromatic N) is 3. The van der Waals surface area contributed by atoms with Crippen molar-refractivity contribution in [3.8, 4) is 55.6 Å². The van der Waals surface area contributed by atoms with Crippen molar-refractivity contribution in [2.45, 2.75) is 110 Å². The molecule has 2 aliphatic rings. The maximum absolute atomic E-state index is 14.2. The maximum Gasteiger partial charge on any atom is 0.246 e. The lowest BCUT2D eigenvalue weighted by molar-refractivity contribution is -0.144. The van der Waals surface area contributed by atoms with Crippen LogP contribution in [0.1, 0.15) is 95.5 Å². The number of para-hydroxylation sites is 1. The summed E-state index contributed by atoms with van der Waals surface area (Å²) in [6.07, 6.45) is 3.78. The number of ether oxygens (including phenoxy) is 2. The topological polar surface area (TPSA) is 172 Å². The summed E-state index contributed by atoms with van der Waals surface area (Å²) in [7, 11) is 1.62. The fraction of sp³-hybridized carbons (Fsp3) is 0.368. The molecule has 2 aromatic heterocycles. The molecule has 1 saturated heterocycles. The number of aromatic nitrogens is 2. The summed E-state index contributed by atoms with van der Waals surface area (Å²) >= 11 is 1.58. The Balaban J connectivity index is 0.815. The molecule has 71 heavy (non-hydrogen) atoms. The van der Waals surface area contributed by atoms with Crippen molar-refractivity contribution in [3.05, 3.63) is 125 Å². The van der Waals surface area contributed by atoms with Crippen LogP contribution in [0.4, 0.5) is 5.69 Å². The van der Waals surface area contributed by atoms with Crippen LogP contribution in [-0.4, -0.2) is 82.1 Å². The molecule has 14 heteroatoms. The van der Waals surface area contributed by atoms with Crippen LogP contribution in [0.15, 0.2) is 109 Å². The predicted octanol–water partition coefficient (Wildman–Crippen LogP) is 10.1. The molecular formula is C57H64N6O7S. The van der Waals surface area contributed by atoms with Crippen LogP contribution < -0.4 is 25.4 Å². The van der Waals surface area contributed by atoms with Crippen molar-refractivity contribution in [1.29, 1.82) is 0 Å².